The number of piperidine rings is 1. The predicted molar refractivity (Wildman–Crippen MR) is 102 cm³/mol. The molecule has 0 spiro atoms. The van der Waals surface area contributed by atoms with E-state index in [9.17, 15) is 4.79 Å². The molecule has 5 heteroatoms. The van der Waals surface area contributed by atoms with Crippen molar-refractivity contribution in [1.29, 1.82) is 0 Å². The fourth-order valence-electron chi connectivity index (χ4n) is 4.99. The first-order valence-electron chi connectivity index (χ1n) is 9.93. The van der Waals surface area contributed by atoms with Gasteiger partial charge in [-0.05, 0) is 50.1 Å². The summed E-state index contributed by atoms with van der Waals surface area (Å²) in [6.45, 7) is 0.815. The van der Waals surface area contributed by atoms with Crippen LogP contribution in [0.2, 0.25) is 0 Å². The van der Waals surface area contributed by atoms with E-state index in [2.05, 4.69) is 17.3 Å². The molecule has 2 aliphatic heterocycles. The van der Waals surface area contributed by atoms with Crippen LogP contribution in [-0.2, 0) is 4.74 Å². The minimum Gasteiger partial charge on any atom is -0.446 e. The topological polar surface area (TPSA) is 32.8 Å². The van der Waals surface area contributed by atoms with E-state index >= 15 is 0 Å². The molecule has 4 nitrogen and oxygen atoms in total. The second kappa shape index (κ2) is 7.67. The van der Waals surface area contributed by atoms with E-state index in [4.69, 9.17) is 4.74 Å². The Morgan fingerprint density at radius 1 is 1.20 bits per heavy atom. The highest BCUT2D eigenvalue weighted by Gasteiger charge is 2.40. The SMILES string of the molecule is CN1[C@@H]2CC[C@H]1CC(OC(=O)N(CC1CCCCC1)c1ccsc1)C2. The zero-order chi connectivity index (χ0) is 17.2. The quantitative estimate of drug-likeness (QED) is 0.764. The number of thiophene rings is 1. The number of carbonyl (C=O) groups is 1. The van der Waals surface area contributed by atoms with Gasteiger partial charge in [0.25, 0.3) is 0 Å². The van der Waals surface area contributed by atoms with E-state index in [1.807, 2.05) is 16.3 Å². The van der Waals surface area contributed by atoms with Gasteiger partial charge in [0, 0.05) is 36.9 Å². The van der Waals surface area contributed by atoms with E-state index in [-0.39, 0.29) is 12.2 Å². The number of hydrogen-bond acceptors (Lipinski definition) is 4. The van der Waals surface area contributed by atoms with Crippen molar-refractivity contribution in [2.45, 2.75) is 76.0 Å². The molecule has 0 aromatic carbocycles. The Bertz CT molecular complexity index is 556. The highest BCUT2D eigenvalue weighted by atomic mass is 32.1. The summed E-state index contributed by atoms with van der Waals surface area (Å²) in [6.07, 6.45) is 10.9. The lowest BCUT2D eigenvalue weighted by Gasteiger charge is -2.37. The maximum absolute atomic E-state index is 13.0. The first-order chi connectivity index (χ1) is 12.2. The molecule has 3 aliphatic rings. The van der Waals surface area contributed by atoms with Crippen LogP contribution in [0, 0.1) is 5.92 Å². The number of anilines is 1. The molecule has 0 radical (unpaired) electrons. The third kappa shape index (κ3) is 3.87. The van der Waals surface area contributed by atoms with Gasteiger partial charge in [0.1, 0.15) is 6.10 Å². The Hall–Kier alpha value is -1.07. The van der Waals surface area contributed by atoms with Crippen molar-refractivity contribution in [1.82, 2.24) is 4.90 Å². The first-order valence-corrected chi connectivity index (χ1v) is 10.9. The van der Waals surface area contributed by atoms with Crippen molar-refractivity contribution in [2.24, 2.45) is 5.92 Å². The molecule has 1 amide bonds. The number of nitrogens with zero attached hydrogens (tertiary/aromatic N) is 2. The van der Waals surface area contributed by atoms with Gasteiger partial charge in [-0.25, -0.2) is 4.79 Å². The Morgan fingerprint density at radius 3 is 2.56 bits per heavy atom. The average molecular weight is 363 g/mol. The lowest BCUT2D eigenvalue weighted by atomic mass is 9.89. The van der Waals surface area contributed by atoms with Crippen LogP contribution >= 0.6 is 11.3 Å². The van der Waals surface area contributed by atoms with Gasteiger partial charge in [-0.1, -0.05) is 19.3 Å². The third-order valence-electron chi connectivity index (χ3n) is 6.53. The summed E-state index contributed by atoms with van der Waals surface area (Å²) in [4.78, 5) is 17.4. The van der Waals surface area contributed by atoms with Crippen LogP contribution < -0.4 is 4.90 Å². The summed E-state index contributed by atoms with van der Waals surface area (Å²) in [7, 11) is 2.22. The summed E-state index contributed by atoms with van der Waals surface area (Å²) >= 11 is 1.65. The van der Waals surface area contributed by atoms with E-state index in [1.54, 1.807) is 11.3 Å². The van der Waals surface area contributed by atoms with Crippen LogP contribution in [0.1, 0.15) is 57.8 Å². The maximum Gasteiger partial charge on any atom is 0.414 e. The number of carbonyl (C=O) groups excluding carboxylic acids is 1. The zero-order valence-electron chi connectivity index (χ0n) is 15.2. The van der Waals surface area contributed by atoms with Gasteiger partial charge < -0.3 is 9.64 Å². The van der Waals surface area contributed by atoms with Crippen molar-refractivity contribution in [3.63, 3.8) is 0 Å². The van der Waals surface area contributed by atoms with Gasteiger partial charge in [0.2, 0.25) is 0 Å². The third-order valence-corrected chi connectivity index (χ3v) is 7.20. The number of fused-ring (bicyclic) bond motifs is 2. The number of ether oxygens (including phenoxy) is 1. The van der Waals surface area contributed by atoms with Gasteiger partial charge in [0.05, 0.1) is 5.69 Å². The van der Waals surface area contributed by atoms with Crippen molar-refractivity contribution in [3.8, 4) is 0 Å². The zero-order valence-corrected chi connectivity index (χ0v) is 16.0. The van der Waals surface area contributed by atoms with Gasteiger partial charge in [-0.15, -0.1) is 0 Å². The highest BCUT2D eigenvalue weighted by molar-refractivity contribution is 7.08. The minimum absolute atomic E-state index is 0.0914. The summed E-state index contributed by atoms with van der Waals surface area (Å²) in [5, 5.41) is 4.12. The van der Waals surface area contributed by atoms with Gasteiger partial charge >= 0.3 is 6.09 Å². The van der Waals surface area contributed by atoms with E-state index in [1.165, 1.54) is 44.9 Å². The summed E-state index contributed by atoms with van der Waals surface area (Å²) in [5.41, 5.74) is 1.01. The molecule has 0 N–H and O–H groups in total. The normalized spacial score (nSPS) is 30.4. The second-order valence-corrected chi connectivity index (χ2v) is 8.90. The first kappa shape index (κ1) is 17.3. The minimum atomic E-state index is -0.127. The fourth-order valence-corrected chi connectivity index (χ4v) is 5.63. The van der Waals surface area contributed by atoms with Gasteiger partial charge in [0.15, 0.2) is 0 Å². The number of amides is 1. The Balaban J connectivity index is 1.41. The maximum atomic E-state index is 13.0. The smallest absolute Gasteiger partial charge is 0.414 e. The number of hydrogen-bond donors (Lipinski definition) is 0. The Labute approximate surface area is 155 Å². The van der Waals surface area contributed by atoms with Crippen LogP contribution in [0.25, 0.3) is 0 Å². The van der Waals surface area contributed by atoms with Crippen molar-refractivity contribution in [3.05, 3.63) is 16.8 Å². The van der Waals surface area contributed by atoms with Crippen molar-refractivity contribution in [2.75, 3.05) is 18.5 Å². The summed E-state index contributed by atoms with van der Waals surface area (Å²) in [6, 6.07) is 3.25. The van der Waals surface area contributed by atoms with Crippen molar-refractivity contribution < 1.29 is 9.53 Å². The monoisotopic (exact) mass is 362 g/mol. The predicted octanol–water partition coefficient (Wildman–Crippen LogP) is 4.90. The van der Waals surface area contributed by atoms with Gasteiger partial charge in [-0.2, -0.15) is 11.3 Å². The van der Waals surface area contributed by atoms with Crippen LogP contribution in [0.4, 0.5) is 10.5 Å². The molecule has 1 saturated carbocycles. The summed E-state index contributed by atoms with van der Waals surface area (Å²) < 4.78 is 6.01. The molecule has 3 fully saturated rings. The van der Waals surface area contributed by atoms with E-state index in [0.717, 1.165) is 25.1 Å². The molecule has 1 aromatic heterocycles. The molecule has 4 rings (SSSR count). The van der Waals surface area contributed by atoms with E-state index < -0.39 is 0 Å². The molecular weight excluding hydrogens is 332 g/mol. The molecular formula is C20H30N2O2S. The molecule has 138 valence electrons. The van der Waals surface area contributed by atoms with Crippen molar-refractivity contribution >= 4 is 23.1 Å². The molecule has 1 aliphatic carbocycles. The fraction of sp³-hybridized carbons (Fsp3) is 0.750. The summed E-state index contributed by atoms with van der Waals surface area (Å²) in [5.74, 6) is 0.620. The van der Waals surface area contributed by atoms with Crippen LogP contribution in [0.3, 0.4) is 0 Å². The van der Waals surface area contributed by atoms with Gasteiger partial charge in [-0.3, -0.25) is 4.90 Å². The van der Waals surface area contributed by atoms with Crippen LogP contribution in [-0.4, -0.2) is 42.8 Å². The molecule has 1 unspecified atom stereocenters. The molecule has 2 saturated heterocycles. The lowest BCUT2D eigenvalue weighted by Crippen LogP contribution is -2.45. The van der Waals surface area contributed by atoms with E-state index in [0.29, 0.717) is 18.0 Å². The Kier molecular flexibility index (Phi) is 5.32. The Morgan fingerprint density at radius 2 is 1.92 bits per heavy atom. The highest BCUT2D eigenvalue weighted by Crippen LogP contribution is 2.36. The average Bonchev–Trinajstić information content (AvgIpc) is 3.20. The van der Waals surface area contributed by atoms with Crippen LogP contribution in [0.15, 0.2) is 16.8 Å². The number of rotatable bonds is 4. The second-order valence-electron chi connectivity index (χ2n) is 8.12. The lowest BCUT2D eigenvalue weighted by molar-refractivity contribution is 0.0311. The largest absolute Gasteiger partial charge is 0.446 e. The molecule has 1 aromatic rings. The molecule has 3 heterocycles. The standard InChI is InChI=1S/C20H30N2O2S/c1-21-16-7-8-17(21)12-19(11-16)24-20(23)22(18-9-10-25-14-18)13-15-5-3-2-4-6-15/h9-10,14-17,19H,2-8,11-13H2,1H3/t16-,17+,19?. The molecule has 3 atom stereocenters. The molecule has 25 heavy (non-hydrogen) atoms. The molecule has 2 bridgehead atoms. The van der Waals surface area contributed by atoms with Crippen LogP contribution in [0.5, 0.6) is 0 Å².